The summed E-state index contributed by atoms with van der Waals surface area (Å²) in [5.74, 6) is 3.51. The Hall–Kier alpha value is -5.57. The Bertz CT molecular complexity index is 1830. The number of likely N-dealkylation sites (N-methyl/N-ethyl adjacent to an activating group) is 1. The number of hydrogen-bond acceptors (Lipinski definition) is 13. The fourth-order valence-electron chi connectivity index (χ4n) is 6.63. The Morgan fingerprint density at radius 2 is 1.68 bits per heavy atom. The van der Waals surface area contributed by atoms with Crippen LogP contribution in [0.2, 0.25) is 0 Å². The zero-order chi connectivity index (χ0) is 40.2. The summed E-state index contributed by atoms with van der Waals surface area (Å²) in [5.41, 5.74) is 4.41. The van der Waals surface area contributed by atoms with Crippen LogP contribution in [0.1, 0.15) is 34.3 Å². The molecular weight excluding hydrogens is 732 g/mol. The molecule has 57 heavy (non-hydrogen) atoms. The Balaban J connectivity index is 0.000000405. The van der Waals surface area contributed by atoms with Crippen molar-refractivity contribution in [2.24, 2.45) is 0 Å². The minimum atomic E-state index is -0.867. The summed E-state index contributed by atoms with van der Waals surface area (Å²) in [6, 6.07) is 29.2. The van der Waals surface area contributed by atoms with E-state index in [1.165, 1.54) is 11.8 Å². The van der Waals surface area contributed by atoms with Crippen molar-refractivity contribution in [1.29, 1.82) is 0 Å². The van der Waals surface area contributed by atoms with Gasteiger partial charge in [0.25, 0.3) is 5.09 Å². The number of para-hydroxylation sites is 1. The van der Waals surface area contributed by atoms with Crippen LogP contribution < -0.4 is 28.7 Å². The lowest BCUT2D eigenvalue weighted by molar-refractivity contribution is -0.763. The topological polar surface area (TPSA) is 135 Å². The molecule has 0 aliphatic carbocycles. The van der Waals surface area contributed by atoms with Crippen molar-refractivity contribution >= 4 is 17.7 Å². The molecular formula is C43H54N4O10. The number of hydrogen-bond donors (Lipinski definition) is 0. The Kier molecular flexibility index (Phi) is 17.1. The van der Waals surface area contributed by atoms with E-state index in [1.807, 2.05) is 36.4 Å². The number of methoxy groups -OCH3 is 2. The molecule has 0 bridgehead atoms. The predicted molar refractivity (Wildman–Crippen MR) is 218 cm³/mol. The fourth-order valence-corrected chi connectivity index (χ4v) is 6.63. The lowest BCUT2D eigenvalue weighted by Gasteiger charge is -2.41. The van der Waals surface area contributed by atoms with E-state index < -0.39 is 5.09 Å². The molecule has 0 amide bonds. The minimum Gasteiger partial charge on any atom is -0.496 e. The van der Waals surface area contributed by atoms with Gasteiger partial charge < -0.3 is 48.0 Å². The van der Waals surface area contributed by atoms with E-state index >= 15 is 0 Å². The molecule has 14 nitrogen and oxygen atoms in total. The first-order chi connectivity index (χ1) is 27.9. The first-order valence-electron chi connectivity index (χ1n) is 19.2. The van der Waals surface area contributed by atoms with Gasteiger partial charge in [0.1, 0.15) is 49.1 Å². The van der Waals surface area contributed by atoms with Crippen LogP contribution in [0.25, 0.3) is 0 Å². The van der Waals surface area contributed by atoms with E-state index in [0.717, 1.165) is 86.4 Å². The van der Waals surface area contributed by atoms with Gasteiger partial charge in [-0.3, -0.25) is 4.79 Å². The first-order valence-corrected chi connectivity index (χ1v) is 19.2. The third kappa shape index (κ3) is 13.6. The van der Waals surface area contributed by atoms with Crippen molar-refractivity contribution in [2.75, 3.05) is 96.8 Å². The standard InChI is InChI=1S/C35H47N3O6.C8H7NO4/c1-36-17-18-38(29-10-12-31(13-11-29)42-22-7-21-41-26-28-8-4-5-9-34(28)40-3)30(25-36)27-44-32-14-15-35-33(24-32)37(19-23-43-35)16-6-20-39-2;10-5-7-2-1-3-8(4-7)6-13-9(11)12/h4-5,8-15,24,30H,6-7,16-23,25-27H2,1-3H3;1-5H,6H2. The van der Waals surface area contributed by atoms with Gasteiger partial charge in [-0.1, -0.05) is 36.4 Å². The number of anilines is 2. The van der Waals surface area contributed by atoms with Crippen molar-refractivity contribution in [3.63, 3.8) is 0 Å². The van der Waals surface area contributed by atoms with Gasteiger partial charge in [-0.2, -0.15) is 0 Å². The zero-order valence-electron chi connectivity index (χ0n) is 33.1. The molecule has 4 aromatic rings. The maximum atomic E-state index is 10.3. The van der Waals surface area contributed by atoms with Gasteiger partial charge in [-0.15, -0.1) is 10.1 Å². The molecule has 1 atom stereocenters. The molecule has 2 aliphatic rings. The summed E-state index contributed by atoms with van der Waals surface area (Å²) < 4.78 is 34.8. The van der Waals surface area contributed by atoms with E-state index in [-0.39, 0.29) is 12.6 Å². The lowest BCUT2D eigenvalue weighted by atomic mass is 10.1. The predicted octanol–water partition coefficient (Wildman–Crippen LogP) is 6.32. The first kappa shape index (κ1) is 42.6. The molecule has 1 fully saturated rings. The number of piperazine rings is 1. The third-order valence-corrected chi connectivity index (χ3v) is 9.54. The monoisotopic (exact) mass is 786 g/mol. The summed E-state index contributed by atoms with van der Waals surface area (Å²) in [6.07, 6.45) is 2.47. The van der Waals surface area contributed by atoms with Gasteiger partial charge in [0, 0.05) is 69.2 Å². The van der Waals surface area contributed by atoms with Crippen LogP contribution in [0.4, 0.5) is 11.4 Å². The van der Waals surface area contributed by atoms with Gasteiger partial charge in [-0.05, 0) is 67.6 Å². The quantitative estimate of drug-likeness (QED) is 0.0429. The van der Waals surface area contributed by atoms with Gasteiger partial charge >= 0.3 is 0 Å². The summed E-state index contributed by atoms with van der Waals surface area (Å²) >= 11 is 0. The SMILES string of the molecule is COCCCN1CCOc2ccc(OCC3CN(C)CCN3c3ccc(OCCCOCc4ccccc4OC)cc3)cc21.O=Cc1cccc(CO[N+](=O)[O-])c1. The Morgan fingerprint density at radius 1 is 0.860 bits per heavy atom. The van der Waals surface area contributed by atoms with Crippen LogP contribution in [0, 0.1) is 10.1 Å². The zero-order valence-corrected chi connectivity index (χ0v) is 33.1. The maximum Gasteiger partial charge on any atom is 0.294 e. The summed E-state index contributed by atoms with van der Waals surface area (Å²) in [6.45, 7) is 8.38. The Labute approximate surface area is 334 Å². The lowest BCUT2D eigenvalue weighted by Crippen LogP contribution is -2.54. The minimum absolute atomic E-state index is 0.130. The number of rotatable bonds is 20. The van der Waals surface area contributed by atoms with Crippen molar-refractivity contribution < 1.29 is 43.1 Å². The molecule has 4 aromatic carbocycles. The van der Waals surface area contributed by atoms with E-state index in [4.69, 9.17) is 28.4 Å². The molecule has 0 radical (unpaired) electrons. The molecule has 0 spiro atoms. The molecule has 0 N–H and O–H groups in total. The van der Waals surface area contributed by atoms with Crippen LogP contribution in [0.3, 0.4) is 0 Å². The van der Waals surface area contributed by atoms with Crippen molar-refractivity contribution in [3.05, 3.63) is 118 Å². The van der Waals surface area contributed by atoms with E-state index in [1.54, 1.807) is 32.4 Å². The third-order valence-electron chi connectivity index (χ3n) is 9.54. The van der Waals surface area contributed by atoms with Gasteiger partial charge in [0.2, 0.25) is 0 Å². The van der Waals surface area contributed by atoms with Gasteiger partial charge in [0.05, 0.1) is 45.2 Å². The number of carbonyl (C=O) groups is 1. The van der Waals surface area contributed by atoms with Crippen LogP contribution >= 0.6 is 0 Å². The molecule has 1 saturated heterocycles. The van der Waals surface area contributed by atoms with Crippen LogP contribution in [-0.2, 0) is 27.5 Å². The van der Waals surface area contributed by atoms with Crippen LogP contribution in [-0.4, -0.2) is 109 Å². The van der Waals surface area contributed by atoms with Crippen molar-refractivity contribution in [1.82, 2.24) is 4.90 Å². The molecule has 14 heteroatoms. The largest absolute Gasteiger partial charge is 0.496 e. The van der Waals surface area contributed by atoms with Gasteiger partial charge in [0.15, 0.2) is 0 Å². The van der Waals surface area contributed by atoms with Gasteiger partial charge in [-0.25, -0.2) is 0 Å². The van der Waals surface area contributed by atoms with Crippen LogP contribution in [0.15, 0.2) is 91.0 Å². The summed E-state index contributed by atoms with van der Waals surface area (Å²) in [5, 5.41) is 8.97. The number of benzene rings is 4. The highest BCUT2D eigenvalue weighted by Gasteiger charge is 2.27. The van der Waals surface area contributed by atoms with E-state index in [9.17, 15) is 14.9 Å². The summed E-state index contributed by atoms with van der Waals surface area (Å²) in [7, 11) is 5.61. The van der Waals surface area contributed by atoms with Crippen LogP contribution in [0.5, 0.6) is 23.0 Å². The number of aldehydes is 1. The van der Waals surface area contributed by atoms with Crippen molar-refractivity contribution in [2.45, 2.75) is 32.1 Å². The number of carbonyl (C=O) groups excluding carboxylic acids is 1. The highest BCUT2D eigenvalue weighted by molar-refractivity contribution is 5.74. The molecule has 2 heterocycles. The highest BCUT2D eigenvalue weighted by Crippen LogP contribution is 2.35. The number of ether oxygens (including phenoxy) is 6. The van der Waals surface area contributed by atoms with Crippen molar-refractivity contribution in [3.8, 4) is 23.0 Å². The second kappa shape index (κ2) is 22.9. The fraction of sp³-hybridized carbons (Fsp3) is 0.419. The second-order valence-electron chi connectivity index (χ2n) is 13.7. The highest BCUT2D eigenvalue weighted by atomic mass is 16.9. The van der Waals surface area contributed by atoms with E-state index in [2.05, 4.69) is 56.9 Å². The number of fused-ring (bicyclic) bond motifs is 1. The second-order valence-corrected chi connectivity index (χ2v) is 13.7. The Morgan fingerprint density at radius 3 is 2.47 bits per heavy atom. The average molecular weight is 787 g/mol. The molecule has 1 unspecified atom stereocenters. The molecule has 6 rings (SSSR count). The summed E-state index contributed by atoms with van der Waals surface area (Å²) in [4.78, 5) is 31.5. The smallest absolute Gasteiger partial charge is 0.294 e. The van der Waals surface area contributed by atoms with E-state index in [0.29, 0.717) is 50.4 Å². The molecule has 0 aromatic heterocycles. The molecule has 2 aliphatic heterocycles. The molecule has 306 valence electrons. The number of nitrogens with zero attached hydrogens (tertiary/aromatic N) is 4. The normalized spacial score (nSPS) is 15.0. The average Bonchev–Trinajstić information content (AvgIpc) is 3.24. The molecule has 0 saturated carbocycles. The maximum absolute atomic E-state index is 10.3.